The van der Waals surface area contributed by atoms with Crippen LogP contribution in [0.15, 0.2) is 35.3 Å². The molecule has 1 fully saturated rings. The van der Waals surface area contributed by atoms with E-state index in [1.54, 1.807) is 7.05 Å². The van der Waals surface area contributed by atoms with Crippen molar-refractivity contribution in [3.8, 4) is 0 Å². The zero-order valence-corrected chi connectivity index (χ0v) is 14.5. The third kappa shape index (κ3) is 5.84. The van der Waals surface area contributed by atoms with E-state index in [1.807, 2.05) is 18.2 Å². The minimum absolute atomic E-state index is 0.132. The van der Waals surface area contributed by atoms with E-state index in [0.717, 1.165) is 45.3 Å². The van der Waals surface area contributed by atoms with Crippen LogP contribution in [0.1, 0.15) is 31.9 Å². The number of guanidine groups is 1. The highest BCUT2D eigenvalue weighted by atomic mass is 16.5. The summed E-state index contributed by atoms with van der Waals surface area (Å²) in [5.74, 6) is 0.842. The Bertz CT molecular complexity index is 486. The summed E-state index contributed by atoms with van der Waals surface area (Å²) < 4.78 is 11.1. The van der Waals surface area contributed by atoms with Crippen LogP contribution in [0, 0.1) is 5.41 Å². The smallest absolute Gasteiger partial charge is 0.191 e. The lowest BCUT2D eigenvalue weighted by Crippen LogP contribution is -2.51. The average Bonchev–Trinajstić information content (AvgIpc) is 2.56. The Hall–Kier alpha value is -1.59. The third-order valence-corrected chi connectivity index (χ3v) is 4.06. The summed E-state index contributed by atoms with van der Waals surface area (Å²) in [7, 11) is 1.79. The molecule has 1 aromatic rings. The first-order valence-corrected chi connectivity index (χ1v) is 8.32. The SMILES string of the molecule is CN=C(NCCCOC(C)c1ccccc1)NCC1(C)COC1. The Labute approximate surface area is 139 Å². The van der Waals surface area contributed by atoms with Crippen LogP contribution in [-0.2, 0) is 9.47 Å². The fraction of sp³-hybridized carbons (Fsp3) is 0.611. The second kappa shape index (κ2) is 8.89. The van der Waals surface area contributed by atoms with Gasteiger partial charge >= 0.3 is 0 Å². The minimum atomic E-state index is 0.132. The molecule has 0 aromatic heterocycles. The molecule has 0 amide bonds. The molecule has 23 heavy (non-hydrogen) atoms. The van der Waals surface area contributed by atoms with Crippen LogP contribution in [0.2, 0.25) is 0 Å². The lowest BCUT2D eigenvalue weighted by atomic mass is 9.89. The van der Waals surface area contributed by atoms with Crippen molar-refractivity contribution in [2.75, 3.05) is 40.0 Å². The van der Waals surface area contributed by atoms with Crippen LogP contribution in [-0.4, -0.2) is 45.9 Å². The number of benzene rings is 1. The molecule has 5 nitrogen and oxygen atoms in total. The summed E-state index contributed by atoms with van der Waals surface area (Å²) in [6.45, 7) is 8.40. The first-order valence-electron chi connectivity index (χ1n) is 8.32. The molecule has 1 aromatic carbocycles. The Morgan fingerprint density at radius 1 is 1.30 bits per heavy atom. The lowest BCUT2D eigenvalue weighted by Gasteiger charge is -2.38. The maximum Gasteiger partial charge on any atom is 0.191 e. The number of ether oxygens (including phenoxy) is 2. The molecular weight excluding hydrogens is 290 g/mol. The first kappa shape index (κ1) is 17.8. The second-order valence-electron chi connectivity index (χ2n) is 6.43. The van der Waals surface area contributed by atoms with Crippen molar-refractivity contribution in [1.82, 2.24) is 10.6 Å². The fourth-order valence-electron chi connectivity index (χ4n) is 2.43. The molecule has 128 valence electrons. The van der Waals surface area contributed by atoms with Crippen LogP contribution < -0.4 is 10.6 Å². The first-order chi connectivity index (χ1) is 11.1. The van der Waals surface area contributed by atoms with Gasteiger partial charge in [-0.2, -0.15) is 0 Å². The second-order valence-corrected chi connectivity index (χ2v) is 6.43. The molecule has 1 saturated heterocycles. The molecule has 1 aliphatic heterocycles. The van der Waals surface area contributed by atoms with E-state index < -0.39 is 0 Å². The molecule has 1 atom stereocenters. The van der Waals surface area contributed by atoms with E-state index in [0.29, 0.717) is 0 Å². The normalized spacial score (nSPS) is 18.1. The molecule has 0 spiro atoms. The highest BCUT2D eigenvalue weighted by Crippen LogP contribution is 2.24. The molecule has 0 bridgehead atoms. The summed E-state index contributed by atoms with van der Waals surface area (Å²) in [6, 6.07) is 10.3. The summed E-state index contributed by atoms with van der Waals surface area (Å²) in [4.78, 5) is 4.24. The van der Waals surface area contributed by atoms with Crippen LogP contribution in [0.4, 0.5) is 0 Å². The summed E-state index contributed by atoms with van der Waals surface area (Å²) in [5, 5.41) is 6.68. The Morgan fingerprint density at radius 2 is 2.04 bits per heavy atom. The number of aliphatic imine (C=N–C) groups is 1. The number of hydrogen-bond donors (Lipinski definition) is 2. The Morgan fingerprint density at radius 3 is 2.65 bits per heavy atom. The molecule has 1 heterocycles. The van der Waals surface area contributed by atoms with Gasteiger partial charge in [0.15, 0.2) is 5.96 Å². The maximum absolute atomic E-state index is 5.87. The van der Waals surface area contributed by atoms with Gasteiger partial charge in [0.25, 0.3) is 0 Å². The van der Waals surface area contributed by atoms with Gasteiger partial charge in [0.2, 0.25) is 0 Å². The highest BCUT2D eigenvalue weighted by Gasteiger charge is 2.33. The largest absolute Gasteiger partial charge is 0.380 e. The van der Waals surface area contributed by atoms with Crippen LogP contribution >= 0.6 is 0 Å². The zero-order valence-electron chi connectivity index (χ0n) is 14.5. The van der Waals surface area contributed by atoms with Gasteiger partial charge in [-0.05, 0) is 18.9 Å². The molecular formula is C18H29N3O2. The monoisotopic (exact) mass is 319 g/mol. The van der Waals surface area contributed by atoms with E-state index in [9.17, 15) is 0 Å². The molecule has 1 unspecified atom stereocenters. The van der Waals surface area contributed by atoms with Gasteiger partial charge in [-0.15, -0.1) is 0 Å². The molecule has 0 saturated carbocycles. The van der Waals surface area contributed by atoms with Crippen molar-refractivity contribution in [3.63, 3.8) is 0 Å². The van der Waals surface area contributed by atoms with Crippen LogP contribution in [0.25, 0.3) is 0 Å². The van der Waals surface area contributed by atoms with Crippen molar-refractivity contribution in [1.29, 1.82) is 0 Å². The molecule has 2 N–H and O–H groups in total. The van der Waals surface area contributed by atoms with Crippen molar-refractivity contribution in [2.45, 2.75) is 26.4 Å². The lowest BCUT2D eigenvalue weighted by molar-refractivity contribution is -0.0971. The van der Waals surface area contributed by atoms with Gasteiger partial charge in [0.05, 0.1) is 19.3 Å². The predicted molar refractivity (Wildman–Crippen MR) is 93.7 cm³/mol. The summed E-state index contributed by atoms with van der Waals surface area (Å²) in [6.07, 6.45) is 1.07. The van der Waals surface area contributed by atoms with E-state index in [-0.39, 0.29) is 11.5 Å². The van der Waals surface area contributed by atoms with Gasteiger partial charge in [0, 0.05) is 32.2 Å². The molecule has 0 radical (unpaired) electrons. The van der Waals surface area contributed by atoms with Crippen molar-refractivity contribution >= 4 is 5.96 Å². The van der Waals surface area contributed by atoms with Gasteiger partial charge in [0.1, 0.15) is 0 Å². The minimum Gasteiger partial charge on any atom is -0.380 e. The van der Waals surface area contributed by atoms with E-state index in [4.69, 9.17) is 9.47 Å². The summed E-state index contributed by atoms with van der Waals surface area (Å²) in [5.41, 5.74) is 1.46. The number of rotatable bonds is 8. The Balaban J connectivity index is 1.57. The summed E-state index contributed by atoms with van der Waals surface area (Å²) >= 11 is 0. The van der Waals surface area contributed by atoms with Gasteiger partial charge in [-0.1, -0.05) is 37.3 Å². The Kier molecular flexibility index (Phi) is 6.86. The van der Waals surface area contributed by atoms with E-state index >= 15 is 0 Å². The number of nitrogens with one attached hydrogen (secondary N) is 2. The standard InChI is InChI=1S/C18H29N3O2/c1-15(16-8-5-4-6-9-16)23-11-7-10-20-17(19-3)21-12-18(2)13-22-14-18/h4-6,8-9,15H,7,10-14H2,1-3H3,(H2,19,20,21). The predicted octanol–water partition coefficient (Wildman–Crippen LogP) is 2.36. The van der Waals surface area contributed by atoms with Crippen molar-refractivity contribution < 1.29 is 9.47 Å². The van der Waals surface area contributed by atoms with Crippen molar-refractivity contribution in [2.24, 2.45) is 10.4 Å². The van der Waals surface area contributed by atoms with Gasteiger partial charge in [-0.25, -0.2) is 0 Å². The molecule has 1 aliphatic rings. The fourth-order valence-corrected chi connectivity index (χ4v) is 2.43. The van der Waals surface area contributed by atoms with Crippen LogP contribution in [0.5, 0.6) is 0 Å². The van der Waals surface area contributed by atoms with Gasteiger partial charge < -0.3 is 20.1 Å². The maximum atomic E-state index is 5.87. The highest BCUT2D eigenvalue weighted by molar-refractivity contribution is 5.79. The molecule has 0 aliphatic carbocycles. The van der Waals surface area contributed by atoms with Crippen LogP contribution in [0.3, 0.4) is 0 Å². The number of hydrogen-bond acceptors (Lipinski definition) is 3. The van der Waals surface area contributed by atoms with E-state index in [2.05, 4.69) is 41.6 Å². The van der Waals surface area contributed by atoms with Gasteiger partial charge in [-0.3, -0.25) is 4.99 Å². The van der Waals surface area contributed by atoms with Crippen molar-refractivity contribution in [3.05, 3.63) is 35.9 Å². The molecule has 2 rings (SSSR count). The third-order valence-electron chi connectivity index (χ3n) is 4.06. The molecule has 5 heteroatoms. The quantitative estimate of drug-likeness (QED) is 0.439. The number of nitrogens with zero attached hydrogens (tertiary/aromatic N) is 1. The zero-order chi connectivity index (χ0) is 16.5. The average molecular weight is 319 g/mol. The van der Waals surface area contributed by atoms with E-state index in [1.165, 1.54) is 5.56 Å². The topological polar surface area (TPSA) is 54.9 Å².